The standard InChI is InChI=1S/C11H11F3N4/c1-7-5-16-18(6-7)10-8(4-15)2-3-9(17-10)11(12,13)14/h2-3,5-6H,4,15H2,1H3. The van der Waals surface area contributed by atoms with E-state index in [4.69, 9.17) is 5.73 Å². The van der Waals surface area contributed by atoms with E-state index < -0.39 is 11.9 Å². The molecule has 2 rings (SSSR count). The normalized spacial score (nSPS) is 11.8. The van der Waals surface area contributed by atoms with E-state index in [0.717, 1.165) is 11.6 Å². The summed E-state index contributed by atoms with van der Waals surface area (Å²) in [6.45, 7) is 1.89. The summed E-state index contributed by atoms with van der Waals surface area (Å²) in [5.41, 5.74) is 5.87. The molecule has 7 heteroatoms. The van der Waals surface area contributed by atoms with Gasteiger partial charge in [-0.25, -0.2) is 9.67 Å². The Morgan fingerprint density at radius 1 is 1.33 bits per heavy atom. The molecule has 0 spiro atoms. The fraction of sp³-hybridized carbons (Fsp3) is 0.273. The SMILES string of the molecule is Cc1cnn(-c2nc(C(F)(F)F)ccc2CN)c1. The van der Waals surface area contributed by atoms with Gasteiger partial charge in [-0.05, 0) is 18.6 Å². The predicted octanol–water partition coefficient (Wildman–Crippen LogP) is 2.05. The zero-order valence-corrected chi connectivity index (χ0v) is 9.57. The average molecular weight is 256 g/mol. The van der Waals surface area contributed by atoms with Gasteiger partial charge in [-0.3, -0.25) is 0 Å². The second-order valence-electron chi connectivity index (χ2n) is 3.84. The predicted molar refractivity (Wildman–Crippen MR) is 59.0 cm³/mol. The number of alkyl halides is 3. The highest BCUT2D eigenvalue weighted by molar-refractivity contribution is 5.35. The average Bonchev–Trinajstić information content (AvgIpc) is 2.73. The molecule has 0 aromatic carbocycles. The molecule has 0 bridgehead atoms. The van der Waals surface area contributed by atoms with Crippen LogP contribution in [0, 0.1) is 6.92 Å². The lowest BCUT2D eigenvalue weighted by Crippen LogP contribution is -2.14. The van der Waals surface area contributed by atoms with E-state index in [1.54, 1.807) is 19.3 Å². The fourth-order valence-electron chi connectivity index (χ4n) is 1.52. The number of aromatic nitrogens is 3. The molecule has 0 radical (unpaired) electrons. The number of pyridine rings is 1. The maximum Gasteiger partial charge on any atom is 0.433 e. The highest BCUT2D eigenvalue weighted by Crippen LogP contribution is 2.28. The minimum Gasteiger partial charge on any atom is -0.326 e. The Hall–Kier alpha value is -1.89. The molecule has 2 aromatic rings. The van der Waals surface area contributed by atoms with Gasteiger partial charge in [0.05, 0.1) is 6.20 Å². The highest BCUT2D eigenvalue weighted by Gasteiger charge is 2.33. The smallest absolute Gasteiger partial charge is 0.326 e. The number of halogens is 3. The second-order valence-corrected chi connectivity index (χ2v) is 3.84. The topological polar surface area (TPSA) is 56.7 Å². The number of aryl methyl sites for hydroxylation is 1. The van der Waals surface area contributed by atoms with Crippen LogP contribution in [0.4, 0.5) is 13.2 Å². The molecule has 4 nitrogen and oxygen atoms in total. The van der Waals surface area contributed by atoms with Gasteiger partial charge in [0.2, 0.25) is 0 Å². The van der Waals surface area contributed by atoms with Crippen molar-refractivity contribution in [1.82, 2.24) is 14.8 Å². The molecular formula is C11H11F3N4. The van der Waals surface area contributed by atoms with Crippen molar-refractivity contribution >= 4 is 0 Å². The van der Waals surface area contributed by atoms with E-state index in [2.05, 4.69) is 10.1 Å². The van der Waals surface area contributed by atoms with Gasteiger partial charge in [-0.2, -0.15) is 18.3 Å². The van der Waals surface area contributed by atoms with Crippen molar-refractivity contribution in [1.29, 1.82) is 0 Å². The fourth-order valence-corrected chi connectivity index (χ4v) is 1.52. The Bertz CT molecular complexity index is 560. The van der Waals surface area contributed by atoms with Gasteiger partial charge < -0.3 is 5.73 Å². The van der Waals surface area contributed by atoms with E-state index in [1.165, 1.54) is 10.7 Å². The number of nitrogens with two attached hydrogens (primary N) is 1. The molecule has 0 fully saturated rings. The molecule has 2 aromatic heterocycles. The summed E-state index contributed by atoms with van der Waals surface area (Å²) in [6.07, 6.45) is -1.34. The molecule has 0 atom stereocenters. The van der Waals surface area contributed by atoms with Gasteiger partial charge in [0.25, 0.3) is 0 Å². The number of hydrogen-bond donors (Lipinski definition) is 1. The molecule has 18 heavy (non-hydrogen) atoms. The van der Waals surface area contributed by atoms with Crippen LogP contribution >= 0.6 is 0 Å². The first-order valence-electron chi connectivity index (χ1n) is 5.20. The number of rotatable bonds is 2. The zero-order valence-electron chi connectivity index (χ0n) is 9.57. The van der Waals surface area contributed by atoms with Gasteiger partial charge in [0, 0.05) is 18.3 Å². The molecule has 2 N–H and O–H groups in total. The molecule has 0 aliphatic carbocycles. The van der Waals surface area contributed by atoms with Gasteiger partial charge >= 0.3 is 6.18 Å². The van der Waals surface area contributed by atoms with Crippen LogP contribution < -0.4 is 5.73 Å². The van der Waals surface area contributed by atoms with Crippen LogP contribution in [0.15, 0.2) is 24.5 Å². The number of hydrogen-bond acceptors (Lipinski definition) is 3. The Morgan fingerprint density at radius 2 is 2.06 bits per heavy atom. The maximum absolute atomic E-state index is 12.6. The highest BCUT2D eigenvalue weighted by atomic mass is 19.4. The van der Waals surface area contributed by atoms with Gasteiger partial charge in [-0.15, -0.1) is 0 Å². The summed E-state index contributed by atoms with van der Waals surface area (Å²) in [5, 5.41) is 3.95. The van der Waals surface area contributed by atoms with Crippen LogP contribution in [-0.2, 0) is 12.7 Å². The summed E-state index contributed by atoms with van der Waals surface area (Å²) >= 11 is 0. The molecule has 0 aliphatic rings. The number of nitrogens with zero attached hydrogens (tertiary/aromatic N) is 3. The van der Waals surface area contributed by atoms with Crippen LogP contribution in [0.2, 0.25) is 0 Å². The molecule has 2 heterocycles. The summed E-state index contributed by atoms with van der Waals surface area (Å²) in [5.74, 6) is 0.112. The van der Waals surface area contributed by atoms with Crippen LogP contribution in [-0.4, -0.2) is 14.8 Å². The van der Waals surface area contributed by atoms with Crippen molar-refractivity contribution < 1.29 is 13.2 Å². The molecule has 0 unspecified atom stereocenters. The van der Waals surface area contributed by atoms with E-state index in [-0.39, 0.29) is 12.4 Å². The van der Waals surface area contributed by atoms with Gasteiger partial charge in [-0.1, -0.05) is 6.07 Å². The molecule has 0 saturated heterocycles. The van der Waals surface area contributed by atoms with Crippen LogP contribution in [0.5, 0.6) is 0 Å². The van der Waals surface area contributed by atoms with E-state index in [9.17, 15) is 13.2 Å². The lowest BCUT2D eigenvalue weighted by Gasteiger charge is -2.11. The van der Waals surface area contributed by atoms with Crippen molar-refractivity contribution in [3.05, 3.63) is 41.3 Å². The molecule has 0 saturated carbocycles. The van der Waals surface area contributed by atoms with Crippen LogP contribution in [0.1, 0.15) is 16.8 Å². The zero-order chi connectivity index (χ0) is 13.3. The van der Waals surface area contributed by atoms with Crippen molar-refractivity contribution in [2.24, 2.45) is 5.73 Å². The van der Waals surface area contributed by atoms with E-state index in [1.807, 2.05) is 0 Å². The lowest BCUT2D eigenvalue weighted by atomic mass is 10.2. The lowest BCUT2D eigenvalue weighted by molar-refractivity contribution is -0.141. The molecule has 0 amide bonds. The summed E-state index contributed by atoms with van der Waals surface area (Å²) < 4.78 is 39.1. The van der Waals surface area contributed by atoms with E-state index >= 15 is 0 Å². The monoisotopic (exact) mass is 256 g/mol. The molecule has 0 aliphatic heterocycles. The third kappa shape index (κ3) is 2.35. The Balaban J connectivity index is 2.56. The third-order valence-electron chi connectivity index (χ3n) is 2.40. The van der Waals surface area contributed by atoms with Crippen molar-refractivity contribution in [3.8, 4) is 5.82 Å². The van der Waals surface area contributed by atoms with E-state index in [0.29, 0.717) is 5.56 Å². The van der Waals surface area contributed by atoms with Gasteiger partial charge in [0.15, 0.2) is 5.82 Å². The van der Waals surface area contributed by atoms with Gasteiger partial charge in [0.1, 0.15) is 5.69 Å². The quantitative estimate of drug-likeness (QED) is 0.894. The summed E-state index contributed by atoms with van der Waals surface area (Å²) in [7, 11) is 0. The molecule has 96 valence electrons. The summed E-state index contributed by atoms with van der Waals surface area (Å²) in [6, 6.07) is 2.24. The molecular weight excluding hydrogens is 245 g/mol. The first-order chi connectivity index (χ1) is 8.41. The van der Waals surface area contributed by atoms with Crippen LogP contribution in [0.3, 0.4) is 0 Å². The summed E-state index contributed by atoms with van der Waals surface area (Å²) in [4.78, 5) is 3.59. The first-order valence-corrected chi connectivity index (χ1v) is 5.20. The minimum absolute atomic E-state index is 0.0966. The largest absolute Gasteiger partial charge is 0.433 e. The van der Waals surface area contributed by atoms with Crippen molar-refractivity contribution in [3.63, 3.8) is 0 Å². The van der Waals surface area contributed by atoms with Crippen molar-refractivity contribution in [2.45, 2.75) is 19.6 Å². The Labute approximate surface area is 101 Å². The third-order valence-corrected chi connectivity index (χ3v) is 2.40. The Kier molecular flexibility index (Phi) is 3.08. The Morgan fingerprint density at radius 3 is 2.56 bits per heavy atom. The van der Waals surface area contributed by atoms with Crippen molar-refractivity contribution in [2.75, 3.05) is 0 Å². The first kappa shape index (κ1) is 12.6. The minimum atomic E-state index is -4.48. The maximum atomic E-state index is 12.6. The second kappa shape index (κ2) is 4.41. The van der Waals surface area contributed by atoms with Crippen LogP contribution in [0.25, 0.3) is 5.82 Å².